The van der Waals surface area contributed by atoms with Gasteiger partial charge in [-0.05, 0) is 38.2 Å². The van der Waals surface area contributed by atoms with Crippen LogP contribution in [0.2, 0.25) is 5.02 Å². The minimum absolute atomic E-state index is 0.0750. The molecular weight excluding hydrogens is 258 g/mol. The minimum atomic E-state index is -0.761. The van der Waals surface area contributed by atoms with E-state index in [1.165, 1.54) is 12.3 Å². The molecule has 18 heavy (non-hydrogen) atoms. The van der Waals surface area contributed by atoms with E-state index in [0.717, 1.165) is 6.07 Å². The lowest BCUT2D eigenvalue weighted by Gasteiger charge is -2.17. The number of hydrogen-bond acceptors (Lipinski definition) is 5. The molecule has 0 unspecified atom stereocenters. The Morgan fingerprint density at radius 2 is 2.06 bits per heavy atom. The van der Waals surface area contributed by atoms with Crippen LogP contribution in [0.5, 0.6) is 5.75 Å². The third-order valence-electron chi connectivity index (χ3n) is 1.86. The summed E-state index contributed by atoms with van der Waals surface area (Å²) in [5.74, 6) is -0.705. The fourth-order valence-electron chi connectivity index (χ4n) is 1.13. The first-order valence-corrected chi connectivity index (χ1v) is 5.54. The lowest BCUT2D eigenvalue weighted by molar-refractivity contribution is -0.398. The molecule has 0 heterocycles. The van der Waals surface area contributed by atoms with Crippen LogP contribution < -0.4 is 10.5 Å². The van der Waals surface area contributed by atoms with E-state index in [9.17, 15) is 15.2 Å². The maximum Gasteiger partial charge on any atom is 0.263 e. The molecule has 6 nitrogen and oxygen atoms in total. The molecule has 0 aliphatic heterocycles. The van der Waals surface area contributed by atoms with Gasteiger partial charge in [0.05, 0.1) is 11.1 Å². The van der Waals surface area contributed by atoms with Gasteiger partial charge < -0.3 is 10.5 Å². The van der Waals surface area contributed by atoms with E-state index in [1.807, 2.05) is 20.8 Å². The van der Waals surface area contributed by atoms with E-state index in [1.54, 1.807) is 0 Å². The molecule has 0 fully saturated rings. The van der Waals surface area contributed by atoms with Crippen molar-refractivity contribution in [2.75, 3.05) is 0 Å². The Labute approximate surface area is 109 Å². The predicted molar refractivity (Wildman–Crippen MR) is 68.0 cm³/mol. The van der Waals surface area contributed by atoms with E-state index in [2.05, 4.69) is 10.5 Å². The van der Waals surface area contributed by atoms with E-state index in [-0.39, 0.29) is 16.1 Å². The van der Waals surface area contributed by atoms with Crippen molar-refractivity contribution in [3.05, 3.63) is 32.8 Å². The van der Waals surface area contributed by atoms with Gasteiger partial charge in [0, 0.05) is 16.6 Å². The molecule has 1 N–H and O–H groups in total. The summed E-state index contributed by atoms with van der Waals surface area (Å²) in [5, 5.41) is 26.3. The van der Waals surface area contributed by atoms with Gasteiger partial charge in [0.15, 0.2) is 0 Å². The van der Waals surface area contributed by atoms with E-state index in [0.29, 0.717) is 0 Å². The number of benzene rings is 1. The zero-order chi connectivity index (χ0) is 13.9. The van der Waals surface area contributed by atoms with Crippen molar-refractivity contribution in [2.45, 2.75) is 26.3 Å². The molecule has 7 heteroatoms. The number of hydrazone groups is 1. The average molecular weight is 271 g/mol. The zero-order valence-electron chi connectivity index (χ0n) is 10.2. The first-order valence-electron chi connectivity index (χ1n) is 5.16. The molecule has 0 atom stereocenters. The standard InChI is InChI=1S/C11H14ClN3O3/c1-11(2,3)14-13-6-7-4-8(12)5-9(10(7)16)15(17)18/h4-6,14,16H,1-3H3/p-1/b13-6-. The monoisotopic (exact) mass is 270 g/mol. The molecule has 0 aliphatic rings. The highest BCUT2D eigenvalue weighted by Gasteiger charge is 2.11. The van der Waals surface area contributed by atoms with Crippen LogP contribution >= 0.6 is 11.6 Å². The molecule has 98 valence electrons. The summed E-state index contributed by atoms with van der Waals surface area (Å²) in [7, 11) is 0. The largest absolute Gasteiger partial charge is 0.867 e. The van der Waals surface area contributed by atoms with Crippen LogP contribution in [0, 0.1) is 10.1 Å². The van der Waals surface area contributed by atoms with Crippen molar-refractivity contribution in [3.63, 3.8) is 0 Å². The van der Waals surface area contributed by atoms with Crippen LogP contribution in [-0.4, -0.2) is 16.7 Å². The van der Waals surface area contributed by atoms with Gasteiger partial charge in [0.1, 0.15) is 0 Å². The number of hydrogen-bond donors (Lipinski definition) is 1. The highest BCUT2D eigenvalue weighted by molar-refractivity contribution is 6.31. The Kier molecular flexibility index (Phi) is 4.13. The number of nitro benzene ring substituents is 1. The summed E-state index contributed by atoms with van der Waals surface area (Å²) in [5.41, 5.74) is 2.04. The molecule has 1 aromatic rings. The second kappa shape index (κ2) is 5.22. The SMILES string of the molecule is CC(C)(C)N/N=C\c1cc(Cl)cc([N+](=O)[O-])c1[O-]. The fourth-order valence-corrected chi connectivity index (χ4v) is 1.35. The Morgan fingerprint density at radius 1 is 1.44 bits per heavy atom. The zero-order valence-corrected chi connectivity index (χ0v) is 11.0. The maximum atomic E-state index is 11.7. The van der Waals surface area contributed by atoms with Crippen molar-refractivity contribution in [1.82, 2.24) is 5.43 Å². The molecule has 0 saturated heterocycles. The molecule has 0 aliphatic carbocycles. The van der Waals surface area contributed by atoms with E-state index >= 15 is 0 Å². The maximum absolute atomic E-state index is 11.7. The third-order valence-corrected chi connectivity index (χ3v) is 2.08. The van der Waals surface area contributed by atoms with Gasteiger partial charge in [-0.15, -0.1) is 0 Å². The summed E-state index contributed by atoms with van der Waals surface area (Å²) in [6, 6.07) is 2.36. The van der Waals surface area contributed by atoms with Crippen molar-refractivity contribution >= 4 is 23.5 Å². The molecule has 0 radical (unpaired) electrons. The summed E-state index contributed by atoms with van der Waals surface area (Å²) < 4.78 is 0. The van der Waals surface area contributed by atoms with Gasteiger partial charge >= 0.3 is 0 Å². The summed E-state index contributed by atoms with van der Waals surface area (Å²) in [6.45, 7) is 5.68. The van der Waals surface area contributed by atoms with Crippen molar-refractivity contribution in [3.8, 4) is 5.75 Å². The highest BCUT2D eigenvalue weighted by Crippen LogP contribution is 2.29. The summed E-state index contributed by atoms with van der Waals surface area (Å²) >= 11 is 5.71. The van der Waals surface area contributed by atoms with Gasteiger partial charge in [0.2, 0.25) is 0 Å². The lowest BCUT2D eigenvalue weighted by Crippen LogP contribution is -2.31. The van der Waals surface area contributed by atoms with Gasteiger partial charge in [-0.25, -0.2) is 0 Å². The Hall–Kier alpha value is -1.82. The summed E-state index contributed by atoms with van der Waals surface area (Å²) in [6.07, 6.45) is 1.23. The minimum Gasteiger partial charge on any atom is -0.867 e. The Balaban J connectivity index is 3.06. The van der Waals surface area contributed by atoms with Crippen LogP contribution in [-0.2, 0) is 0 Å². The average Bonchev–Trinajstić information content (AvgIpc) is 2.20. The van der Waals surface area contributed by atoms with Crippen LogP contribution in [0.3, 0.4) is 0 Å². The fraction of sp³-hybridized carbons (Fsp3) is 0.364. The van der Waals surface area contributed by atoms with Crippen molar-refractivity contribution in [1.29, 1.82) is 0 Å². The topological polar surface area (TPSA) is 90.6 Å². The number of rotatable bonds is 3. The van der Waals surface area contributed by atoms with Crippen molar-refractivity contribution in [2.24, 2.45) is 5.10 Å². The quantitative estimate of drug-likeness (QED) is 0.517. The van der Waals surface area contributed by atoms with Gasteiger partial charge in [-0.2, -0.15) is 5.10 Å². The van der Waals surface area contributed by atoms with Gasteiger partial charge in [-0.1, -0.05) is 11.6 Å². The molecule has 0 aromatic heterocycles. The van der Waals surface area contributed by atoms with Crippen LogP contribution in [0.25, 0.3) is 0 Å². The molecule has 1 rings (SSSR count). The second-order valence-corrected chi connectivity index (χ2v) is 5.16. The van der Waals surface area contributed by atoms with Crippen LogP contribution in [0.4, 0.5) is 5.69 Å². The van der Waals surface area contributed by atoms with Crippen molar-refractivity contribution < 1.29 is 10.0 Å². The van der Waals surface area contributed by atoms with E-state index in [4.69, 9.17) is 11.6 Å². The highest BCUT2D eigenvalue weighted by atomic mass is 35.5. The second-order valence-electron chi connectivity index (χ2n) is 4.72. The normalized spacial score (nSPS) is 11.8. The number of nitrogens with zero attached hydrogens (tertiary/aromatic N) is 2. The Morgan fingerprint density at radius 3 is 2.56 bits per heavy atom. The van der Waals surface area contributed by atoms with Gasteiger partial charge in [0.25, 0.3) is 5.69 Å². The summed E-state index contributed by atoms with van der Waals surface area (Å²) in [4.78, 5) is 9.88. The molecule has 0 bridgehead atoms. The molecule has 0 spiro atoms. The molecular formula is C11H13ClN3O3-. The molecule has 1 aromatic carbocycles. The molecule has 0 amide bonds. The number of halogens is 1. The smallest absolute Gasteiger partial charge is 0.263 e. The van der Waals surface area contributed by atoms with Crippen LogP contribution in [0.1, 0.15) is 26.3 Å². The first-order chi connectivity index (χ1) is 8.20. The Bertz CT molecular complexity index is 495. The number of nitrogens with one attached hydrogen (secondary N) is 1. The lowest BCUT2D eigenvalue weighted by atomic mass is 10.1. The third kappa shape index (κ3) is 3.89. The number of nitro groups is 1. The predicted octanol–water partition coefficient (Wildman–Crippen LogP) is 2.04. The first kappa shape index (κ1) is 14.2. The van der Waals surface area contributed by atoms with E-state index < -0.39 is 16.4 Å². The van der Waals surface area contributed by atoms with Gasteiger partial charge in [-0.3, -0.25) is 10.1 Å². The van der Waals surface area contributed by atoms with Crippen LogP contribution in [0.15, 0.2) is 17.2 Å². The molecule has 0 saturated carbocycles.